The maximum atomic E-state index is 10.0. The number of fused-ring (bicyclic) bond motifs is 2. The number of para-hydroxylation sites is 2. The van der Waals surface area contributed by atoms with Gasteiger partial charge in [0.2, 0.25) is 0 Å². The van der Waals surface area contributed by atoms with Crippen LogP contribution in [-0.4, -0.2) is 20.9 Å². The number of carbonyl (C=O) groups is 1. The number of carbonyl (C=O) groups excluding carboxylic acids is 1. The Hall–Kier alpha value is -3.60. The van der Waals surface area contributed by atoms with Crippen molar-refractivity contribution >= 4 is 27.7 Å². The van der Waals surface area contributed by atoms with Crippen molar-refractivity contribution in [3.8, 4) is 22.7 Å². The van der Waals surface area contributed by atoms with Gasteiger partial charge in [0.1, 0.15) is 5.52 Å². The third-order valence-electron chi connectivity index (χ3n) is 4.69. The summed E-state index contributed by atoms with van der Waals surface area (Å²) in [7, 11) is 0. The van der Waals surface area contributed by atoms with Gasteiger partial charge in [0, 0.05) is 32.4 Å². The van der Waals surface area contributed by atoms with Crippen molar-refractivity contribution in [1.29, 1.82) is 0 Å². The van der Waals surface area contributed by atoms with Crippen LogP contribution in [0.15, 0.2) is 95.2 Å². The second-order valence-electron chi connectivity index (χ2n) is 7.25. The van der Waals surface area contributed by atoms with Crippen LogP contribution in [-0.2, 0) is 24.9 Å². The Morgan fingerprint density at radius 3 is 2.42 bits per heavy atom. The van der Waals surface area contributed by atoms with Crippen molar-refractivity contribution < 1.29 is 34.4 Å². The van der Waals surface area contributed by atoms with Gasteiger partial charge >= 0.3 is 0 Å². The third-order valence-corrected chi connectivity index (χ3v) is 4.69. The molecule has 167 valence electrons. The molecule has 5 nitrogen and oxygen atoms in total. The maximum absolute atomic E-state index is 10.0. The van der Waals surface area contributed by atoms with E-state index in [4.69, 9.17) is 9.52 Å². The Kier molecular flexibility index (Phi) is 7.88. The molecule has 0 atom stereocenters. The number of allylic oxidation sites excluding steroid dienone is 2. The van der Waals surface area contributed by atoms with Gasteiger partial charge in [-0.2, -0.15) is 0 Å². The first-order chi connectivity index (χ1) is 15.5. The third kappa shape index (κ3) is 5.80. The number of aromatic nitrogens is 2. The van der Waals surface area contributed by atoms with Gasteiger partial charge in [-0.05, 0) is 54.1 Å². The van der Waals surface area contributed by atoms with E-state index in [-0.39, 0.29) is 31.6 Å². The molecule has 6 heteroatoms. The van der Waals surface area contributed by atoms with Crippen molar-refractivity contribution in [3.05, 3.63) is 96.9 Å². The van der Waals surface area contributed by atoms with Crippen LogP contribution in [0.25, 0.3) is 44.6 Å². The van der Waals surface area contributed by atoms with E-state index in [9.17, 15) is 4.79 Å². The van der Waals surface area contributed by atoms with Crippen LogP contribution < -0.4 is 0 Å². The molecule has 2 aromatic heterocycles. The molecule has 3 aromatic carbocycles. The molecule has 0 saturated carbocycles. The second kappa shape index (κ2) is 10.8. The molecule has 0 unspecified atom stereocenters. The van der Waals surface area contributed by atoms with Gasteiger partial charge in [-0.1, -0.05) is 36.4 Å². The fourth-order valence-corrected chi connectivity index (χ4v) is 3.33. The summed E-state index contributed by atoms with van der Waals surface area (Å²) in [6.07, 6.45) is 3.00. The summed E-state index contributed by atoms with van der Waals surface area (Å²) in [6, 6.07) is 27.3. The van der Waals surface area contributed by atoms with Crippen molar-refractivity contribution in [3.63, 3.8) is 0 Å². The van der Waals surface area contributed by atoms with Gasteiger partial charge in [0.05, 0.1) is 5.76 Å². The maximum Gasteiger partial charge on any atom is 0.183 e. The summed E-state index contributed by atoms with van der Waals surface area (Å²) in [6.45, 7) is 2.85. The number of aliphatic hydroxyl groups is 1. The predicted octanol–water partition coefficient (Wildman–Crippen LogP) is 6.54. The molecule has 0 aliphatic carbocycles. The molecule has 33 heavy (non-hydrogen) atoms. The minimum atomic E-state index is -0.125. The summed E-state index contributed by atoms with van der Waals surface area (Å²) in [5.74, 6) is 0.544. The van der Waals surface area contributed by atoms with E-state index in [1.165, 1.54) is 25.3 Å². The number of hydrogen-bond acceptors (Lipinski definition) is 5. The molecule has 5 rings (SSSR count). The molecule has 5 aromatic rings. The fourth-order valence-electron chi connectivity index (χ4n) is 3.33. The quantitative estimate of drug-likeness (QED) is 0.142. The molecular weight excluding hydrogens is 593 g/mol. The Morgan fingerprint density at radius 1 is 1.00 bits per heavy atom. The van der Waals surface area contributed by atoms with E-state index in [2.05, 4.69) is 28.2 Å². The van der Waals surface area contributed by atoms with E-state index < -0.39 is 0 Å². The van der Waals surface area contributed by atoms with Gasteiger partial charge in [0.15, 0.2) is 17.3 Å². The normalized spacial score (nSPS) is 10.9. The predicted molar refractivity (Wildman–Crippen MR) is 126 cm³/mol. The standard InChI is InChI=1S/C22H13N2O.C5H8O2.Ir/c1-2-6-18-15(5-1)13-14-23-21(18)16-9-11-17(12-10-16)22-24-19-7-3-4-8-20(19)25-22;1-4(6)3-5(2)7;/h1-9,11-14H;3,6H,1-2H3;/q-1;;/b;4-3-;. The zero-order valence-corrected chi connectivity index (χ0v) is 20.5. The Morgan fingerprint density at radius 2 is 1.76 bits per heavy atom. The molecule has 0 amide bonds. The largest absolute Gasteiger partial charge is 0.512 e. The van der Waals surface area contributed by atoms with Crippen LogP contribution in [0.2, 0.25) is 0 Å². The monoisotopic (exact) mass is 614 g/mol. The zero-order valence-electron chi connectivity index (χ0n) is 18.1. The number of nitrogens with zero attached hydrogens (tertiary/aromatic N) is 2. The number of aliphatic hydroxyl groups excluding tert-OH is 1. The molecular formula is C27H21IrN2O3-. The summed E-state index contributed by atoms with van der Waals surface area (Å²) in [5.41, 5.74) is 4.44. The Balaban J connectivity index is 0.000000337. The zero-order chi connectivity index (χ0) is 22.5. The topological polar surface area (TPSA) is 76.2 Å². The molecule has 1 N–H and O–H groups in total. The average Bonchev–Trinajstić information content (AvgIpc) is 3.23. The number of pyridine rings is 1. The summed E-state index contributed by atoms with van der Waals surface area (Å²) >= 11 is 0. The van der Waals surface area contributed by atoms with E-state index in [1.807, 2.05) is 66.9 Å². The number of rotatable bonds is 3. The van der Waals surface area contributed by atoms with Crippen LogP contribution in [0.5, 0.6) is 0 Å². The van der Waals surface area contributed by atoms with Crippen molar-refractivity contribution in [1.82, 2.24) is 9.97 Å². The first-order valence-electron chi connectivity index (χ1n) is 10.1. The Labute approximate surface area is 205 Å². The molecule has 0 bridgehead atoms. The second-order valence-corrected chi connectivity index (χ2v) is 7.25. The fraction of sp³-hybridized carbons (Fsp3) is 0.0741. The molecule has 0 aliphatic rings. The van der Waals surface area contributed by atoms with Crippen LogP contribution in [0.1, 0.15) is 13.8 Å². The van der Waals surface area contributed by atoms with Crippen molar-refractivity contribution in [2.45, 2.75) is 13.8 Å². The molecule has 0 aliphatic heterocycles. The molecule has 0 saturated heterocycles. The summed E-state index contributed by atoms with van der Waals surface area (Å²) in [5, 5.41) is 10.7. The summed E-state index contributed by atoms with van der Waals surface area (Å²) < 4.78 is 5.82. The van der Waals surface area contributed by atoms with Crippen LogP contribution >= 0.6 is 0 Å². The van der Waals surface area contributed by atoms with Gasteiger partial charge in [-0.3, -0.25) is 4.79 Å². The number of hydrogen-bond donors (Lipinski definition) is 1. The minimum absolute atomic E-state index is 0. The molecule has 0 fully saturated rings. The van der Waals surface area contributed by atoms with Gasteiger partial charge in [0.25, 0.3) is 0 Å². The van der Waals surface area contributed by atoms with Crippen molar-refractivity contribution in [2.24, 2.45) is 0 Å². The molecule has 2 heterocycles. The smallest absolute Gasteiger partial charge is 0.183 e. The SMILES string of the molecule is CC(=O)/C=C(/C)O.[Ir].[c-]1cc(-c2nc3ccccc3o2)ccc1-c1nccc2ccccc12. The number of oxazole rings is 1. The van der Waals surface area contributed by atoms with Crippen molar-refractivity contribution in [2.75, 3.05) is 0 Å². The first kappa shape index (κ1) is 24.0. The number of ketones is 1. The average molecular weight is 614 g/mol. The van der Waals surface area contributed by atoms with E-state index >= 15 is 0 Å². The minimum Gasteiger partial charge on any atom is -0.512 e. The van der Waals surface area contributed by atoms with E-state index in [0.717, 1.165) is 33.3 Å². The molecule has 0 spiro atoms. The van der Waals surface area contributed by atoms with Crippen LogP contribution in [0.4, 0.5) is 0 Å². The van der Waals surface area contributed by atoms with Gasteiger partial charge < -0.3 is 14.5 Å². The molecule has 1 radical (unpaired) electrons. The number of benzene rings is 3. The Bertz CT molecular complexity index is 1380. The van der Waals surface area contributed by atoms with Gasteiger partial charge in [-0.15, -0.1) is 29.8 Å². The van der Waals surface area contributed by atoms with Crippen LogP contribution in [0.3, 0.4) is 0 Å². The van der Waals surface area contributed by atoms with E-state index in [0.29, 0.717) is 5.89 Å². The first-order valence-corrected chi connectivity index (χ1v) is 10.1. The summed E-state index contributed by atoms with van der Waals surface area (Å²) in [4.78, 5) is 19.1. The van der Waals surface area contributed by atoms with Crippen LogP contribution in [0, 0.1) is 6.07 Å². The van der Waals surface area contributed by atoms with Gasteiger partial charge in [-0.25, -0.2) is 4.98 Å². The van der Waals surface area contributed by atoms with E-state index in [1.54, 1.807) is 0 Å².